The summed E-state index contributed by atoms with van der Waals surface area (Å²) in [6.07, 6.45) is 1.11. The first-order valence-electron chi connectivity index (χ1n) is 2.87. The van der Waals surface area contributed by atoms with Crippen LogP contribution in [0.25, 0.3) is 0 Å². The van der Waals surface area contributed by atoms with Crippen molar-refractivity contribution in [3.05, 3.63) is 0 Å². The van der Waals surface area contributed by atoms with Crippen molar-refractivity contribution in [1.82, 2.24) is 0 Å². The lowest BCUT2D eigenvalue weighted by Gasteiger charge is -1.92. The summed E-state index contributed by atoms with van der Waals surface area (Å²) in [6.45, 7) is 6.49. The SMILES string of the molecule is CC(C)[C@@H]1O[C@@H]1C. The van der Waals surface area contributed by atoms with Gasteiger partial charge in [0.25, 0.3) is 0 Å². The number of hydrogen-bond acceptors (Lipinski definition) is 1. The van der Waals surface area contributed by atoms with E-state index in [1.165, 1.54) is 0 Å². The zero-order valence-corrected chi connectivity index (χ0v) is 5.14. The van der Waals surface area contributed by atoms with Gasteiger partial charge in [0.15, 0.2) is 0 Å². The van der Waals surface area contributed by atoms with Gasteiger partial charge in [0.2, 0.25) is 0 Å². The Hall–Kier alpha value is -0.0400. The van der Waals surface area contributed by atoms with Gasteiger partial charge in [-0.2, -0.15) is 0 Å². The van der Waals surface area contributed by atoms with Gasteiger partial charge in [-0.1, -0.05) is 13.8 Å². The molecular weight excluding hydrogens is 88.1 g/mol. The van der Waals surface area contributed by atoms with E-state index < -0.39 is 0 Å². The minimum absolute atomic E-state index is 0.542. The Balaban J connectivity index is 2.20. The fraction of sp³-hybridized carbons (Fsp3) is 1.00. The summed E-state index contributed by atoms with van der Waals surface area (Å²) in [7, 11) is 0. The summed E-state index contributed by atoms with van der Waals surface area (Å²) in [5.74, 6) is 0.718. The minimum Gasteiger partial charge on any atom is -0.370 e. The second-order valence-electron chi connectivity index (χ2n) is 2.55. The Kier molecular flexibility index (Phi) is 1.08. The van der Waals surface area contributed by atoms with Crippen LogP contribution in [0.5, 0.6) is 0 Å². The fourth-order valence-corrected chi connectivity index (χ4v) is 0.902. The van der Waals surface area contributed by atoms with Crippen molar-refractivity contribution in [2.75, 3.05) is 0 Å². The Labute approximate surface area is 44.7 Å². The third kappa shape index (κ3) is 0.942. The molecule has 0 N–H and O–H groups in total. The maximum absolute atomic E-state index is 5.18. The van der Waals surface area contributed by atoms with E-state index in [2.05, 4.69) is 20.8 Å². The summed E-state index contributed by atoms with van der Waals surface area (Å²) in [6, 6.07) is 0. The van der Waals surface area contributed by atoms with Gasteiger partial charge < -0.3 is 4.74 Å². The summed E-state index contributed by atoms with van der Waals surface area (Å²) in [4.78, 5) is 0. The lowest BCUT2D eigenvalue weighted by atomic mass is 10.1. The summed E-state index contributed by atoms with van der Waals surface area (Å²) < 4.78 is 5.18. The van der Waals surface area contributed by atoms with E-state index in [1.54, 1.807) is 0 Å². The molecule has 2 atom stereocenters. The highest BCUT2D eigenvalue weighted by molar-refractivity contribution is 4.82. The maximum atomic E-state index is 5.18. The molecule has 1 rings (SSSR count). The quantitative estimate of drug-likeness (QED) is 0.454. The molecule has 0 aliphatic carbocycles. The standard InChI is InChI=1S/C6H12O/c1-4(2)6-5(3)7-6/h4-6H,1-3H3/t5-,6+/m1/s1. The molecule has 42 valence electrons. The van der Waals surface area contributed by atoms with Gasteiger partial charge in [0.1, 0.15) is 0 Å². The van der Waals surface area contributed by atoms with Gasteiger partial charge in [0.05, 0.1) is 12.2 Å². The van der Waals surface area contributed by atoms with Crippen LogP contribution in [0.15, 0.2) is 0 Å². The molecule has 0 aromatic carbocycles. The van der Waals surface area contributed by atoms with Crippen molar-refractivity contribution in [2.24, 2.45) is 5.92 Å². The highest BCUT2D eigenvalue weighted by atomic mass is 16.6. The molecule has 0 aromatic rings. The second kappa shape index (κ2) is 1.48. The average molecular weight is 100 g/mol. The van der Waals surface area contributed by atoms with E-state index in [-0.39, 0.29) is 0 Å². The fourth-order valence-electron chi connectivity index (χ4n) is 0.902. The molecule has 0 aromatic heterocycles. The molecule has 1 heterocycles. The topological polar surface area (TPSA) is 12.5 Å². The lowest BCUT2D eigenvalue weighted by molar-refractivity contribution is 0.339. The zero-order chi connectivity index (χ0) is 5.44. The Morgan fingerprint density at radius 1 is 1.43 bits per heavy atom. The number of epoxide rings is 1. The summed E-state index contributed by atoms with van der Waals surface area (Å²) in [5, 5.41) is 0. The van der Waals surface area contributed by atoms with Crippen molar-refractivity contribution < 1.29 is 4.74 Å². The monoisotopic (exact) mass is 100 g/mol. The molecule has 0 bridgehead atoms. The summed E-state index contributed by atoms with van der Waals surface area (Å²) in [5.41, 5.74) is 0. The number of rotatable bonds is 1. The molecule has 1 aliphatic heterocycles. The molecule has 7 heavy (non-hydrogen) atoms. The predicted octanol–water partition coefficient (Wildman–Crippen LogP) is 1.43. The normalized spacial score (nSPS) is 39.4. The van der Waals surface area contributed by atoms with Crippen LogP contribution < -0.4 is 0 Å². The van der Waals surface area contributed by atoms with E-state index in [1.807, 2.05) is 0 Å². The molecule has 0 spiro atoms. The molecular formula is C6H12O. The largest absolute Gasteiger partial charge is 0.370 e. The van der Waals surface area contributed by atoms with E-state index in [0.717, 1.165) is 5.92 Å². The molecule has 1 aliphatic rings. The van der Waals surface area contributed by atoms with Crippen LogP contribution in [0.4, 0.5) is 0 Å². The Morgan fingerprint density at radius 3 is 1.86 bits per heavy atom. The molecule has 0 amide bonds. The van der Waals surface area contributed by atoms with Gasteiger partial charge >= 0.3 is 0 Å². The van der Waals surface area contributed by atoms with Gasteiger partial charge in [-0.15, -0.1) is 0 Å². The molecule has 0 saturated carbocycles. The highest BCUT2D eigenvalue weighted by Crippen LogP contribution is 2.27. The third-order valence-corrected chi connectivity index (χ3v) is 1.41. The number of ether oxygens (including phenoxy) is 1. The van der Waals surface area contributed by atoms with Gasteiger partial charge in [0, 0.05) is 0 Å². The highest BCUT2D eigenvalue weighted by Gasteiger charge is 2.36. The summed E-state index contributed by atoms with van der Waals surface area (Å²) >= 11 is 0. The van der Waals surface area contributed by atoms with Crippen LogP contribution in [0.3, 0.4) is 0 Å². The predicted molar refractivity (Wildman–Crippen MR) is 29.2 cm³/mol. The van der Waals surface area contributed by atoms with E-state index in [4.69, 9.17) is 4.74 Å². The lowest BCUT2D eigenvalue weighted by Crippen LogP contribution is -1.98. The van der Waals surface area contributed by atoms with Gasteiger partial charge in [-0.3, -0.25) is 0 Å². The van der Waals surface area contributed by atoms with Crippen molar-refractivity contribution in [3.63, 3.8) is 0 Å². The average Bonchev–Trinajstić information content (AvgIpc) is 2.17. The van der Waals surface area contributed by atoms with Crippen molar-refractivity contribution >= 4 is 0 Å². The second-order valence-corrected chi connectivity index (χ2v) is 2.55. The van der Waals surface area contributed by atoms with Crippen LogP contribution in [-0.2, 0) is 4.74 Å². The first-order chi connectivity index (χ1) is 3.22. The molecule has 0 radical (unpaired) electrons. The minimum atomic E-state index is 0.542. The Bertz CT molecular complexity index is 68.6. The molecule has 0 unspecified atom stereocenters. The third-order valence-electron chi connectivity index (χ3n) is 1.41. The van der Waals surface area contributed by atoms with Crippen LogP contribution in [-0.4, -0.2) is 12.2 Å². The molecule has 1 nitrogen and oxygen atoms in total. The van der Waals surface area contributed by atoms with Gasteiger partial charge in [-0.05, 0) is 12.8 Å². The van der Waals surface area contributed by atoms with E-state index >= 15 is 0 Å². The van der Waals surface area contributed by atoms with Crippen LogP contribution in [0.1, 0.15) is 20.8 Å². The molecule has 1 fully saturated rings. The van der Waals surface area contributed by atoms with Crippen LogP contribution >= 0.6 is 0 Å². The molecule has 1 saturated heterocycles. The van der Waals surface area contributed by atoms with E-state index in [0.29, 0.717) is 12.2 Å². The van der Waals surface area contributed by atoms with Crippen molar-refractivity contribution in [3.8, 4) is 0 Å². The van der Waals surface area contributed by atoms with E-state index in [9.17, 15) is 0 Å². The van der Waals surface area contributed by atoms with Crippen LogP contribution in [0.2, 0.25) is 0 Å². The first-order valence-corrected chi connectivity index (χ1v) is 2.87. The number of hydrogen-bond donors (Lipinski definition) is 0. The van der Waals surface area contributed by atoms with Crippen molar-refractivity contribution in [2.45, 2.75) is 33.0 Å². The van der Waals surface area contributed by atoms with Crippen LogP contribution in [0, 0.1) is 5.92 Å². The van der Waals surface area contributed by atoms with Crippen molar-refractivity contribution in [1.29, 1.82) is 0 Å². The zero-order valence-electron chi connectivity index (χ0n) is 5.14. The Morgan fingerprint density at radius 2 is 1.86 bits per heavy atom. The molecule has 1 heteroatoms. The maximum Gasteiger partial charge on any atom is 0.0861 e. The first kappa shape index (κ1) is 5.10. The smallest absolute Gasteiger partial charge is 0.0861 e. The van der Waals surface area contributed by atoms with Gasteiger partial charge in [-0.25, -0.2) is 0 Å².